The molecule has 0 radical (unpaired) electrons. The Bertz CT molecular complexity index is 1250. The number of ether oxygens (including phenoxy) is 1. The van der Waals surface area contributed by atoms with E-state index in [9.17, 15) is 9.59 Å². The molecule has 0 unspecified atom stereocenters. The number of nitrogens with one attached hydrogen (secondary N) is 2. The summed E-state index contributed by atoms with van der Waals surface area (Å²) in [7, 11) is 1.63. The van der Waals surface area contributed by atoms with Crippen molar-refractivity contribution < 1.29 is 14.3 Å². The van der Waals surface area contributed by atoms with E-state index >= 15 is 0 Å². The molecule has 0 aliphatic carbocycles. The molecule has 0 atom stereocenters. The molecule has 31 heavy (non-hydrogen) atoms. The lowest BCUT2D eigenvalue weighted by atomic mass is 10.1. The average molecular weight is 415 g/mol. The molecular weight excluding hydrogens is 394 g/mol. The van der Waals surface area contributed by atoms with Crippen LogP contribution in [0.1, 0.15) is 22.8 Å². The van der Waals surface area contributed by atoms with Gasteiger partial charge in [-0.2, -0.15) is 0 Å². The van der Waals surface area contributed by atoms with Gasteiger partial charge in [0, 0.05) is 23.9 Å². The predicted octanol–water partition coefficient (Wildman–Crippen LogP) is 3.70. The number of methoxy groups -OCH3 is 1. The number of amides is 2. The first kappa shape index (κ1) is 20.1. The molecular formula is C23H21N5O3. The largest absolute Gasteiger partial charge is 0.497 e. The fraction of sp³-hybridized carbons (Fsp3) is 0.130. The number of nitrogens with zero attached hydrogens (tertiary/aromatic N) is 3. The predicted molar refractivity (Wildman–Crippen MR) is 118 cm³/mol. The van der Waals surface area contributed by atoms with Crippen molar-refractivity contribution in [3.05, 3.63) is 77.9 Å². The van der Waals surface area contributed by atoms with Crippen molar-refractivity contribution in [3.63, 3.8) is 0 Å². The lowest BCUT2D eigenvalue weighted by Crippen LogP contribution is -2.12. The van der Waals surface area contributed by atoms with E-state index in [2.05, 4.69) is 20.9 Å². The summed E-state index contributed by atoms with van der Waals surface area (Å²) < 4.78 is 7.05. The molecule has 156 valence electrons. The van der Waals surface area contributed by atoms with E-state index in [0.29, 0.717) is 29.0 Å². The van der Waals surface area contributed by atoms with Gasteiger partial charge in [-0.05, 0) is 60.2 Å². The molecule has 0 aliphatic heterocycles. The zero-order chi connectivity index (χ0) is 21.8. The van der Waals surface area contributed by atoms with Crippen LogP contribution in [0.5, 0.6) is 5.75 Å². The van der Waals surface area contributed by atoms with E-state index in [-0.39, 0.29) is 11.8 Å². The molecule has 2 N–H and O–H groups in total. The molecule has 0 saturated heterocycles. The summed E-state index contributed by atoms with van der Waals surface area (Å²) in [5.74, 6) is 0.382. The zero-order valence-electron chi connectivity index (χ0n) is 17.1. The van der Waals surface area contributed by atoms with Crippen LogP contribution in [0.3, 0.4) is 0 Å². The van der Waals surface area contributed by atoms with Crippen LogP contribution >= 0.6 is 0 Å². The molecule has 0 spiro atoms. The van der Waals surface area contributed by atoms with Crippen LogP contribution in [0, 0.1) is 0 Å². The Labute approximate surface area is 178 Å². The van der Waals surface area contributed by atoms with Crippen LogP contribution in [0.25, 0.3) is 11.0 Å². The molecule has 4 rings (SSSR count). The Morgan fingerprint density at radius 1 is 0.968 bits per heavy atom. The lowest BCUT2D eigenvalue weighted by molar-refractivity contribution is -0.114. The normalized spacial score (nSPS) is 10.6. The zero-order valence-corrected chi connectivity index (χ0v) is 17.1. The fourth-order valence-electron chi connectivity index (χ4n) is 3.22. The number of aromatic nitrogens is 3. The fourth-order valence-corrected chi connectivity index (χ4v) is 3.22. The Balaban J connectivity index is 1.49. The van der Waals surface area contributed by atoms with Crippen LogP contribution in [0.4, 0.5) is 11.4 Å². The number of carbonyl (C=O) groups excluding carboxylic acids is 2. The number of hydrogen-bond acceptors (Lipinski definition) is 5. The summed E-state index contributed by atoms with van der Waals surface area (Å²) in [4.78, 5) is 23.7. The maximum atomic E-state index is 12.6. The first-order chi connectivity index (χ1) is 15.0. The molecule has 3 aromatic carbocycles. The van der Waals surface area contributed by atoms with Gasteiger partial charge in [0.15, 0.2) is 0 Å². The Morgan fingerprint density at radius 2 is 1.71 bits per heavy atom. The van der Waals surface area contributed by atoms with Gasteiger partial charge in [-0.3, -0.25) is 9.59 Å². The quantitative estimate of drug-likeness (QED) is 0.500. The standard InChI is InChI=1S/C23H21N5O3/c1-15(29)24-18-7-9-19(10-8-18)25-23(30)17-6-11-22-21(13-17)26-27-28(22)14-16-4-3-5-20(12-16)31-2/h3-13H,14H2,1-2H3,(H,24,29)(H,25,30). The third-order valence-electron chi connectivity index (χ3n) is 4.71. The first-order valence-electron chi connectivity index (χ1n) is 9.67. The van der Waals surface area contributed by atoms with Gasteiger partial charge in [0.2, 0.25) is 5.91 Å². The average Bonchev–Trinajstić information content (AvgIpc) is 3.17. The van der Waals surface area contributed by atoms with Crippen molar-refractivity contribution in [2.45, 2.75) is 13.5 Å². The second-order valence-corrected chi connectivity index (χ2v) is 7.01. The number of anilines is 2. The van der Waals surface area contributed by atoms with Gasteiger partial charge in [-0.1, -0.05) is 17.3 Å². The monoisotopic (exact) mass is 415 g/mol. The van der Waals surface area contributed by atoms with E-state index in [0.717, 1.165) is 16.8 Å². The number of rotatable bonds is 6. The second-order valence-electron chi connectivity index (χ2n) is 7.01. The van der Waals surface area contributed by atoms with Crippen molar-refractivity contribution in [2.75, 3.05) is 17.7 Å². The SMILES string of the molecule is COc1cccc(Cn2nnc3cc(C(=O)Nc4ccc(NC(C)=O)cc4)ccc32)c1. The lowest BCUT2D eigenvalue weighted by Gasteiger charge is -2.08. The molecule has 1 heterocycles. The number of hydrogen-bond donors (Lipinski definition) is 2. The maximum Gasteiger partial charge on any atom is 0.255 e. The van der Waals surface area contributed by atoms with Gasteiger partial charge in [0.05, 0.1) is 19.2 Å². The molecule has 4 aromatic rings. The number of fused-ring (bicyclic) bond motifs is 1. The molecule has 1 aromatic heterocycles. The van der Waals surface area contributed by atoms with Crippen LogP contribution in [0.2, 0.25) is 0 Å². The highest BCUT2D eigenvalue weighted by Gasteiger charge is 2.11. The third kappa shape index (κ3) is 4.69. The smallest absolute Gasteiger partial charge is 0.255 e. The van der Waals surface area contributed by atoms with Crippen LogP contribution in [-0.4, -0.2) is 33.9 Å². The Morgan fingerprint density at radius 3 is 2.42 bits per heavy atom. The molecule has 0 saturated carbocycles. The summed E-state index contributed by atoms with van der Waals surface area (Å²) in [6.07, 6.45) is 0. The van der Waals surface area contributed by atoms with Crippen molar-refractivity contribution in [2.24, 2.45) is 0 Å². The summed E-state index contributed by atoms with van der Waals surface area (Å²) in [5.41, 5.74) is 4.28. The molecule has 8 nitrogen and oxygen atoms in total. The maximum absolute atomic E-state index is 12.6. The summed E-state index contributed by atoms with van der Waals surface area (Å²) in [5, 5.41) is 14.0. The highest BCUT2D eigenvalue weighted by atomic mass is 16.5. The van der Waals surface area contributed by atoms with Crippen molar-refractivity contribution >= 4 is 34.2 Å². The van der Waals surface area contributed by atoms with Crippen molar-refractivity contribution in [3.8, 4) is 5.75 Å². The minimum absolute atomic E-state index is 0.149. The minimum atomic E-state index is -0.253. The molecule has 0 aliphatic rings. The second kappa shape index (κ2) is 8.66. The van der Waals surface area contributed by atoms with Gasteiger partial charge in [-0.25, -0.2) is 4.68 Å². The van der Waals surface area contributed by atoms with Gasteiger partial charge in [0.1, 0.15) is 11.3 Å². The summed E-state index contributed by atoms with van der Waals surface area (Å²) in [6.45, 7) is 1.98. The van der Waals surface area contributed by atoms with Crippen molar-refractivity contribution in [1.29, 1.82) is 0 Å². The molecule has 2 amide bonds. The van der Waals surface area contributed by atoms with E-state index < -0.39 is 0 Å². The van der Waals surface area contributed by atoms with Crippen molar-refractivity contribution in [1.82, 2.24) is 15.0 Å². The van der Waals surface area contributed by atoms with Crippen LogP contribution < -0.4 is 15.4 Å². The third-order valence-corrected chi connectivity index (χ3v) is 4.71. The van der Waals surface area contributed by atoms with E-state index in [1.54, 1.807) is 48.2 Å². The van der Waals surface area contributed by atoms with Gasteiger partial charge in [0.25, 0.3) is 5.91 Å². The molecule has 0 fully saturated rings. The number of carbonyl (C=O) groups is 2. The Kier molecular flexibility index (Phi) is 5.61. The van der Waals surface area contributed by atoms with Crippen LogP contribution in [0.15, 0.2) is 66.7 Å². The highest BCUT2D eigenvalue weighted by molar-refractivity contribution is 6.06. The van der Waals surface area contributed by atoms with Gasteiger partial charge in [-0.15, -0.1) is 5.10 Å². The van der Waals surface area contributed by atoms with Gasteiger partial charge >= 0.3 is 0 Å². The topological polar surface area (TPSA) is 98.1 Å². The first-order valence-corrected chi connectivity index (χ1v) is 9.67. The summed E-state index contributed by atoms with van der Waals surface area (Å²) >= 11 is 0. The van der Waals surface area contributed by atoms with E-state index in [1.165, 1.54) is 6.92 Å². The summed E-state index contributed by atoms with van der Waals surface area (Å²) in [6, 6.07) is 20.0. The number of benzene rings is 3. The van der Waals surface area contributed by atoms with Crippen LogP contribution in [-0.2, 0) is 11.3 Å². The minimum Gasteiger partial charge on any atom is -0.497 e. The van der Waals surface area contributed by atoms with E-state index in [4.69, 9.17) is 4.74 Å². The highest BCUT2D eigenvalue weighted by Crippen LogP contribution is 2.19. The molecule has 8 heteroatoms. The molecule has 0 bridgehead atoms. The van der Waals surface area contributed by atoms with E-state index in [1.807, 2.05) is 30.3 Å². The Hall–Kier alpha value is -4.20. The van der Waals surface area contributed by atoms with Gasteiger partial charge < -0.3 is 15.4 Å².